The number of sulfonamides is 1. The van der Waals surface area contributed by atoms with Crippen LogP contribution in [0.5, 0.6) is 11.6 Å². The lowest BCUT2D eigenvalue weighted by molar-refractivity contribution is 0.311. The summed E-state index contributed by atoms with van der Waals surface area (Å²) in [6.45, 7) is 18.3. The molecule has 0 aliphatic carbocycles. The minimum absolute atomic E-state index is 0.0430. The van der Waals surface area contributed by atoms with E-state index in [0.717, 1.165) is 0 Å². The lowest BCUT2D eigenvalue weighted by Gasteiger charge is -2.30. The number of anilines is 2. The van der Waals surface area contributed by atoms with Crippen LogP contribution in [0.25, 0.3) is 0 Å². The molecule has 10 heteroatoms. The Morgan fingerprint density at radius 3 is 2.13 bits per heavy atom. The highest BCUT2D eigenvalue weighted by Crippen LogP contribution is 2.38. The number of rotatable bonds is 6. The number of hydrogen-bond acceptors (Lipinski definition) is 7. The smallest absolute Gasteiger partial charge is 0.271 e. The fourth-order valence-corrected chi connectivity index (χ4v) is 4.07. The van der Waals surface area contributed by atoms with Crippen LogP contribution in [0.2, 0.25) is 0 Å². The van der Waals surface area contributed by atoms with Crippen molar-refractivity contribution in [3.8, 4) is 37.3 Å². The van der Waals surface area contributed by atoms with Gasteiger partial charge in [0.2, 0.25) is 0 Å². The zero-order valence-electron chi connectivity index (χ0n) is 24.0. The van der Waals surface area contributed by atoms with Crippen molar-refractivity contribution in [2.75, 3.05) is 29.8 Å². The lowest BCUT2D eigenvalue weighted by Crippen LogP contribution is -2.38. The first kappa shape index (κ1) is 38.8. The molecular formula is C28H46N4O5S. The predicted octanol–water partition coefficient (Wildman–Crippen LogP) is 5.88. The molecule has 1 aromatic heterocycles. The van der Waals surface area contributed by atoms with Gasteiger partial charge in [-0.05, 0) is 32.0 Å². The zero-order chi connectivity index (χ0) is 30.3. The Balaban J connectivity index is -0.000000742. The fourth-order valence-electron chi connectivity index (χ4n) is 2.54. The number of fused-ring (bicyclic) bond motifs is 1. The number of terminal acetylenes is 2. The van der Waals surface area contributed by atoms with Gasteiger partial charge in [-0.15, -0.1) is 30.8 Å². The minimum Gasteiger partial charge on any atom is -0.513 e. The average molecular weight is 551 g/mol. The number of aryl methyl sites for hydroxylation is 1. The number of hydrogen-bond donors (Lipinski definition) is 2. The summed E-state index contributed by atoms with van der Waals surface area (Å²) in [5.74, 6) is 0.848. The molecule has 0 unspecified atom stereocenters. The van der Waals surface area contributed by atoms with E-state index in [9.17, 15) is 8.42 Å². The Kier molecular flexibility index (Phi) is 22.9. The Morgan fingerprint density at radius 1 is 1.16 bits per heavy atom. The van der Waals surface area contributed by atoms with Crippen molar-refractivity contribution in [3.05, 3.63) is 36.7 Å². The number of aliphatic hydroxyl groups excluding tert-OH is 1. The molecule has 2 aromatic rings. The van der Waals surface area contributed by atoms with Gasteiger partial charge >= 0.3 is 0 Å². The average Bonchev–Trinajstić information content (AvgIpc) is 3.36. The molecule has 9 nitrogen and oxygen atoms in total. The molecule has 3 rings (SSSR count). The van der Waals surface area contributed by atoms with Crippen molar-refractivity contribution < 1.29 is 23.0 Å². The van der Waals surface area contributed by atoms with E-state index < -0.39 is 10.0 Å². The Bertz CT molecular complexity index is 1050. The number of aliphatic hydroxyl groups is 1. The number of ether oxygens (including phenoxy) is 2. The van der Waals surface area contributed by atoms with E-state index in [-0.39, 0.29) is 29.7 Å². The largest absolute Gasteiger partial charge is 0.513 e. The van der Waals surface area contributed by atoms with Gasteiger partial charge in [-0.2, -0.15) is 0 Å². The summed E-state index contributed by atoms with van der Waals surface area (Å²) in [4.78, 5) is 0.0430. The highest BCUT2D eigenvalue weighted by atomic mass is 32.2. The van der Waals surface area contributed by atoms with E-state index >= 15 is 0 Å². The fraction of sp³-hybridized carbons (Fsp3) is 0.464. The Morgan fingerprint density at radius 2 is 1.68 bits per heavy atom. The van der Waals surface area contributed by atoms with Crippen LogP contribution in [0.1, 0.15) is 61.3 Å². The van der Waals surface area contributed by atoms with Crippen LogP contribution in [0.3, 0.4) is 0 Å². The van der Waals surface area contributed by atoms with Crippen molar-refractivity contribution in [2.45, 2.75) is 72.7 Å². The van der Waals surface area contributed by atoms with Crippen molar-refractivity contribution in [1.82, 2.24) is 9.78 Å². The molecule has 3 N–H and O–H groups in total. The van der Waals surface area contributed by atoms with Crippen LogP contribution in [-0.4, -0.2) is 43.1 Å². The molecule has 0 amide bonds. The molecule has 0 atom stereocenters. The molecule has 1 aromatic carbocycles. The number of benzene rings is 1. The molecule has 0 radical (unpaired) electrons. The molecule has 0 spiro atoms. The van der Waals surface area contributed by atoms with E-state index in [0.29, 0.717) is 36.7 Å². The van der Waals surface area contributed by atoms with Gasteiger partial charge in [0.1, 0.15) is 12.4 Å². The molecule has 0 saturated heterocycles. The maximum atomic E-state index is 13.2. The summed E-state index contributed by atoms with van der Waals surface area (Å²) in [5.41, 5.74) is 6.70. The Hall–Kier alpha value is -3.76. The number of nitrogen functional groups attached to an aromatic ring is 1. The maximum absolute atomic E-state index is 13.2. The monoisotopic (exact) mass is 550 g/mol. The Labute approximate surface area is 230 Å². The van der Waals surface area contributed by atoms with Crippen LogP contribution >= 0.6 is 0 Å². The third kappa shape index (κ3) is 12.5. The summed E-state index contributed by atoms with van der Waals surface area (Å²) in [6, 6.07) is 4.94. The third-order valence-corrected chi connectivity index (χ3v) is 5.88. The number of allylic oxidation sites excluding steroid dienone is 1. The second-order valence-electron chi connectivity index (χ2n) is 6.87. The summed E-state index contributed by atoms with van der Waals surface area (Å²) in [7, 11) is -3.84. The topological polar surface area (TPSA) is 120 Å². The van der Waals surface area contributed by atoms with Crippen LogP contribution < -0.4 is 19.5 Å². The van der Waals surface area contributed by atoms with Crippen LogP contribution in [0.4, 0.5) is 11.4 Å². The van der Waals surface area contributed by atoms with Crippen LogP contribution in [-0.2, 0) is 16.6 Å². The molecule has 1 aliphatic rings. The quantitative estimate of drug-likeness (QED) is 0.262. The molecule has 2 heterocycles. The third-order valence-electron chi connectivity index (χ3n) is 4.08. The number of aromatic nitrogens is 2. The lowest BCUT2D eigenvalue weighted by atomic mass is 10.2. The van der Waals surface area contributed by atoms with Gasteiger partial charge in [-0.3, -0.25) is 8.99 Å². The molecule has 38 heavy (non-hydrogen) atoms. The van der Waals surface area contributed by atoms with Gasteiger partial charge < -0.3 is 20.3 Å². The zero-order valence-corrected chi connectivity index (χ0v) is 24.8. The molecular weight excluding hydrogens is 504 g/mol. The molecule has 0 fully saturated rings. The molecule has 1 aliphatic heterocycles. The van der Waals surface area contributed by atoms with Gasteiger partial charge in [0.25, 0.3) is 15.9 Å². The van der Waals surface area contributed by atoms with Crippen molar-refractivity contribution in [1.29, 1.82) is 0 Å². The molecule has 214 valence electrons. The highest BCUT2D eigenvalue weighted by Gasteiger charge is 2.34. The van der Waals surface area contributed by atoms with Gasteiger partial charge in [-0.25, -0.2) is 8.42 Å². The van der Waals surface area contributed by atoms with E-state index in [1.807, 2.05) is 27.7 Å². The second-order valence-corrected chi connectivity index (χ2v) is 8.70. The van der Waals surface area contributed by atoms with Crippen molar-refractivity contribution >= 4 is 21.4 Å². The SMILES string of the molecule is C#C.C#C.C=C(O)CC.CC.CCC.CCOc1nn(CC)cc1S(=O)(=O)N1CCOc2ccc(N)cc21. The molecule has 0 saturated carbocycles. The van der Waals surface area contributed by atoms with Gasteiger partial charge in [0.05, 0.1) is 24.6 Å². The summed E-state index contributed by atoms with van der Waals surface area (Å²) in [6.07, 6.45) is 19.4. The first-order valence-corrected chi connectivity index (χ1v) is 13.9. The number of nitrogens with two attached hydrogens (primary N) is 1. The van der Waals surface area contributed by atoms with E-state index in [4.69, 9.17) is 20.3 Å². The van der Waals surface area contributed by atoms with Crippen LogP contribution in [0, 0.1) is 25.7 Å². The van der Waals surface area contributed by atoms with Crippen molar-refractivity contribution in [2.24, 2.45) is 0 Å². The van der Waals surface area contributed by atoms with E-state index in [2.05, 4.69) is 51.2 Å². The summed E-state index contributed by atoms with van der Waals surface area (Å²) >= 11 is 0. The summed E-state index contributed by atoms with van der Waals surface area (Å²) in [5, 5.41) is 12.4. The number of nitrogens with zero attached hydrogens (tertiary/aromatic N) is 3. The maximum Gasteiger partial charge on any atom is 0.271 e. The first-order valence-electron chi connectivity index (χ1n) is 12.4. The van der Waals surface area contributed by atoms with Gasteiger partial charge in [-0.1, -0.05) is 47.6 Å². The standard InChI is InChI=1S/C15H20N4O4S.C4H8O.C3H8.C2H6.2C2H2/c1-3-18-10-14(15(17-18)22-4-2)24(20,21)19-7-8-23-13-6-5-11(16)9-12(13)19;1-3-4(2)5;1-3-2;3*1-2/h5-6,9-10H,3-4,7-8,16H2,1-2H3;5H,2-3H2,1H3;3H2,1-2H3;1-2H3;2*1-2H. The highest BCUT2D eigenvalue weighted by molar-refractivity contribution is 7.93. The van der Waals surface area contributed by atoms with Crippen molar-refractivity contribution in [3.63, 3.8) is 0 Å². The van der Waals surface area contributed by atoms with E-state index in [1.165, 1.54) is 16.9 Å². The predicted molar refractivity (Wildman–Crippen MR) is 159 cm³/mol. The van der Waals surface area contributed by atoms with Crippen LogP contribution in [0.15, 0.2) is 41.6 Å². The second kappa shape index (κ2) is 22.4. The van der Waals surface area contributed by atoms with Gasteiger partial charge in [0.15, 0.2) is 4.90 Å². The van der Waals surface area contributed by atoms with E-state index in [1.54, 1.807) is 29.8 Å². The normalized spacial score (nSPS) is 10.7. The van der Waals surface area contributed by atoms with Gasteiger partial charge in [0, 0.05) is 24.8 Å². The first-order chi connectivity index (χ1) is 18.2. The minimum atomic E-state index is -3.84. The molecule has 0 bridgehead atoms. The summed E-state index contributed by atoms with van der Waals surface area (Å²) < 4.78 is 40.1.